The van der Waals surface area contributed by atoms with Crippen LogP contribution in [0.5, 0.6) is 0 Å². The van der Waals surface area contributed by atoms with Gasteiger partial charge in [0, 0.05) is 24.7 Å². The van der Waals surface area contributed by atoms with E-state index in [4.69, 9.17) is 0 Å². The predicted octanol–water partition coefficient (Wildman–Crippen LogP) is 3.64. The average molecular weight is 446 g/mol. The fourth-order valence-corrected chi connectivity index (χ4v) is 5.55. The first-order valence-electron chi connectivity index (χ1n) is 10.8. The molecule has 2 aromatic carbocycles. The van der Waals surface area contributed by atoms with Crippen molar-refractivity contribution in [3.05, 3.63) is 59.4 Å². The number of rotatable bonds is 5. The quantitative estimate of drug-likeness (QED) is 0.763. The van der Waals surface area contributed by atoms with E-state index in [0.29, 0.717) is 24.7 Å². The third kappa shape index (κ3) is 4.75. The number of hydrogen-bond acceptors (Lipinski definition) is 4. The molecule has 0 atom stereocenters. The van der Waals surface area contributed by atoms with Crippen molar-refractivity contribution in [3.8, 4) is 0 Å². The molecule has 8 heteroatoms. The van der Waals surface area contributed by atoms with E-state index in [1.54, 1.807) is 19.1 Å². The molecular weight excluding hydrogens is 417 g/mol. The van der Waals surface area contributed by atoms with Crippen molar-refractivity contribution in [1.82, 2.24) is 9.80 Å². The normalized spacial score (nSPS) is 18.3. The first-order valence-corrected chi connectivity index (χ1v) is 12.2. The fraction of sp³-hybridized carbons (Fsp3) is 0.435. The summed E-state index contributed by atoms with van der Waals surface area (Å²) in [4.78, 5) is 17.5. The second-order valence-electron chi connectivity index (χ2n) is 8.33. The van der Waals surface area contributed by atoms with Gasteiger partial charge >= 0.3 is 0 Å². The summed E-state index contributed by atoms with van der Waals surface area (Å²) < 4.78 is 41.8. The summed E-state index contributed by atoms with van der Waals surface area (Å²) in [5.41, 5.74) is 0.965. The fourth-order valence-electron chi connectivity index (χ4n) is 4.46. The number of nitrogens with one attached hydrogen (secondary N) is 1. The van der Waals surface area contributed by atoms with Gasteiger partial charge in [-0.3, -0.25) is 9.52 Å². The molecule has 0 aliphatic carbocycles. The molecule has 6 nitrogen and oxygen atoms in total. The van der Waals surface area contributed by atoms with Gasteiger partial charge in [-0.15, -0.1) is 0 Å². The SMILES string of the molecule is Cc1ccc(S(=O)(=O)Nc2ccccc2F)cc1C(=O)N1CCC(N2CCCC2)CC1. The number of likely N-dealkylation sites (tertiary alicyclic amines) is 2. The summed E-state index contributed by atoms with van der Waals surface area (Å²) in [6.45, 7) is 5.43. The lowest BCUT2D eigenvalue weighted by Crippen LogP contribution is -2.46. The maximum Gasteiger partial charge on any atom is 0.262 e. The Morgan fingerprint density at radius 1 is 1.03 bits per heavy atom. The first kappa shape index (κ1) is 21.8. The van der Waals surface area contributed by atoms with E-state index in [1.807, 2.05) is 4.90 Å². The molecule has 2 aromatic rings. The highest BCUT2D eigenvalue weighted by molar-refractivity contribution is 7.92. The lowest BCUT2D eigenvalue weighted by Gasteiger charge is -2.36. The molecule has 2 aliphatic rings. The molecule has 0 spiro atoms. The molecule has 2 fully saturated rings. The molecule has 0 bridgehead atoms. The number of anilines is 1. The van der Waals surface area contributed by atoms with Gasteiger partial charge in [0.15, 0.2) is 0 Å². The number of para-hydroxylation sites is 1. The molecule has 31 heavy (non-hydrogen) atoms. The number of carbonyl (C=O) groups excluding carboxylic acids is 1. The van der Waals surface area contributed by atoms with Gasteiger partial charge in [0.25, 0.3) is 15.9 Å². The summed E-state index contributed by atoms with van der Waals surface area (Å²) in [6, 6.07) is 10.6. The van der Waals surface area contributed by atoms with Crippen molar-refractivity contribution in [2.75, 3.05) is 30.9 Å². The van der Waals surface area contributed by atoms with Gasteiger partial charge < -0.3 is 9.80 Å². The maximum absolute atomic E-state index is 13.9. The molecule has 4 rings (SSSR count). The van der Waals surface area contributed by atoms with Crippen molar-refractivity contribution in [2.24, 2.45) is 0 Å². The maximum atomic E-state index is 13.9. The number of halogens is 1. The van der Waals surface area contributed by atoms with Crippen LogP contribution in [0.2, 0.25) is 0 Å². The topological polar surface area (TPSA) is 69.7 Å². The minimum absolute atomic E-state index is 0.0587. The van der Waals surface area contributed by atoms with Crippen LogP contribution in [0.25, 0.3) is 0 Å². The van der Waals surface area contributed by atoms with Gasteiger partial charge in [-0.1, -0.05) is 18.2 Å². The minimum Gasteiger partial charge on any atom is -0.339 e. The standard InChI is InChI=1S/C23H28FN3O3S/c1-17-8-9-19(31(29,30)25-22-7-3-2-6-21(22)24)16-20(17)23(28)27-14-10-18(11-15-27)26-12-4-5-13-26/h2-3,6-9,16,18,25H,4-5,10-15H2,1H3. The van der Waals surface area contributed by atoms with E-state index in [1.165, 1.54) is 43.2 Å². The molecule has 0 saturated carbocycles. The Hall–Kier alpha value is -2.45. The zero-order chi connectivity index (χ0) is 22.0. The molecule has 0 unspecified atom stereocenters. The van der Waals surface area contributed by atoms with Crippen molar-refractivity contribution < 1.29 is 17.6 Å². The van der Waals surface area contributed by atoms with Gasteiger partial charge in [0.2, 0.25) is 0 Å². The van der Waals surface area contributed by atoms with Crippen LogP contribution in [0, 0.1) is 12.7 Å². The van der Waals surface area contributed by atoms with E-state index in [0.717, 1.165) is 31.5 Å². The number of amides is 1. The number of aryl methyl sites for hydroxylation is 1. The number of piperidine rings is 1. The van der Waals surface area contributed by atoms with E-state index < -0.39 is 15.8 Å². The number of sulfonamides is 1. The number of nitrogens with zero attached hydrogens (tertiary/aromatic N) is 2. The molecular formula is C23H28FN3O3S. The Labute approximate surface area is 183 Å². The summed E-state index contributed by atoms with van der Waals surface area (Å²) in [6.07, 6.45) is 4.39. The van der Waals surface area contributed by atoms with Gasteiger partial charge in [0.05, 0.1) is 10.6 Å². The van der Waals surface area contributed by atoms with Gasteiger partial charge in [-0.05, 0) is 75.5 Å². The highest BCUT2D eigenvalue weighted by Crippen LogP contribution is 2.25. The molecule has 1 amide bonds. The smallest absolute Gasteiger partial charge is 0.262 e. The minimum atomic E-state index is -4.03. The highest BCUT2D eigenvalue weighted by atomic mass is 32.2. The third-order valence-corrected chi connectivity index (χ3v) is 7.64. The zero-order valence-electron chi connectivity index (χ0n) is 17.7. The van der Waals surface area contributed by atoms with Crippen LogP contribution in [0.1, 0.15) is 41.6 Å². The third-order valence-electron chi connectivity index (χ3n) is 6.28. The molecule has 2 saturated heterocycles. The summed E-state index contributed by atoms with van der Waals surface area (Å²) in [5.74, 6) is -0.810. The lowest BCUT2D eigenvalue weighted by atomic mass is 10.0. The van der Waals surface area contributed by atoms with E-state index in [2.05, 4.69) is 9.62 Å². The van der Waals surface area contributed by atoms with Gasteiger partial charge in [-0.2, -0.15) is 0 Å². The number of hydrogen-bond donors (Lipinski definition) is 1. The Morgan fingerprint density at radius 3 is 2.39 bits per heavy atom. The molecule has 2 aliphatic heterocycles. The van der Waals surface area contributed by atoms with Crippen LogP contribution in [-0.2, 0) is 10.0 Å². The first-order chi connectivity index (χ1) is 14.8. The Morgan fingerprint density at radius 2 is 1.71 bits per heavy atom. The van der Waals surface area contributed by atoms with Gasteiger partial charge in [0.1, 0.15) is 5.82 Å². The van der Waals surface area contributed by atoms with E-state index in [-0.39, 0.29) is 16.5 Å². The molecule has 2 heterocycles. The number of carbonyl (C=O) groups is 1. The van der Waals surface area contributed by atoms with Crippen LogP contribution in [0.15, 0.2) is 47.4 Å². The van der Waals surface area contributed by atoms with Crippen LogP contribution < -0.4 is 4.72 Å². The molecule has 166 valence electrons. The summed E-state index contributed by atoms with van der Waals surface area (Å²) >= 11 is 0. The van der Waals surface area contributed by atoms with Crippen molar-refractivity contribution in [3.63, 3.8) is 0 Å². The highest BCUT2D eigenvalue weighted by Gasteiger charge is 2.29. The monoisotopic (exact) mass is 445 g/mol. The number of benzene rings is 2. The van der Waals surface area contributed by atoms with Crippen LogP contribution >= 0.6 is 0 Å². The molecule has 0 aromatic heterocycles. The summed E-state index contributed by atoms with van der Waals surface area (Å²) in [5, 5.41) is 0. The van der Waals surface area contributed by atoms with Crippen molar-refractivity contribution in [1.29, 1.82) is 0 Å². The summed E-state index contributed by atoms with van der Waals surface area (Å²) in [7, 11) is -4.03. The molecule has 1 N–H and O–H groups in total. The van der Waals surface area contributed by atoms with E-state index in [9.17, 15) is 17.6 Å². The Bertz CT molecular complexity index is 1060. The van der Waals surface area contributed by atoms with Crippen LogP contribution in [-0.4, -0.2) is 56.3 Å². The lowest BCUT2D eigenvalue weighted by molar-refractivity contribution is 0.0643. The van der Waals surface area contributed by atoms with E-state index >= 15 is 0 Å². The van der Waals surface area contributed by atoms with Crippen molar-refractivity contribution in [2.45, 2.75) is 43.5 Å². The van der Waals surface area contributed by atoms with Gasteiger partial charge in [-0.25, -0.2) is 12.8 Å². The van der Waals surface area contributed by atoms with Crippen LogP contribution in [0.3, 0.4) is 0 Å². The predicted molar refractivity (Wildman–Crippen MR) is 118 cm³/mol. The second kappa shape index (κ2) is 8.96. The second-order valence-corrected chi connectivity index (χ2v) is 10.0. The largest absolute Gasteiger partial charge is 0.339 e. The zero-order valence-corrected chi connectivity index (χ0v) is 18.5. The average Bonchev–Trinajstić information content (AvgIpc) is 3.30. The van der Waals surface area contributed by atoms with Crippen molar-refractivity contribution >= 4 is 21.6 Å². The van der Waals surface area contributed by atoms with Crippen LogP contribution in [0.4, 0.5) is 10.1 Å². The Kier molecular flexibility index (Phi) is 6.29. The Balaban J connectivity index is 1.50. The molecule has 0 radical (unpaired) electrons.